The second kappa shape index (κ2) is 9.52. The SMILES string of the molecule is CC(C)[n+]1noc(/N=C(\[O-])CSc2ccccc2)c1C(O)c1ccc(C(F)(F)F)cc1. The molecule has 0 amide bonds. The lowest BCUT2D eigenvalue weighted by atomic mass is 10.0. The van der Waals surface area contributed by atoms with Crippen LogP contribution >= 0.6 is 11.8 Å². The number of hydrogen-bond donors (Lipinski definition) is 1. The summed E-state index contributed by atoms with van der Waals surface area (Å²) in [5.74, 6) is -0.635. The average molecular weight is 451 g/mol. The number of aliphatic hydroxyl groups excluding tert-OH is 1. The summed E-state index contributed by atoms with van der Waals surface area (Å²) in [6.45, 7) is 3.56. The van der Waals surface area contributed by atoms with E-state index in [1.807, 2.05) is 30.3 Å². The Morgan fingerprint density at radius 2 is 1.81 bits per heavy atom. The summed E-state index contributed by atoms with van der Waals surface area (Å²) in [7, 11) is 0. The van der Waals surface area contributed by atoms with Crippen molar-refractivity contribution in [1.82, 2.24) is 5.27 Å². The first-order valence-corrected chi connectivity index (χ1v) is 10.3. The molecular weight excluding hydrogens is 431 g/mol. The number of aliphatic hydroxyl groups is 1. The van der Waals surface area contributed by atoms with Crippen LogP contribution in [0.1, 0.15) is 42.8 Å². The van der Waals surface area contributed by atoms with Crippen LogP contribution in [0.3, 0.4) is 0 Å². The molecular formula is C21H20F3N3O3S. The van der Waals surface area contributed by atoms with Crippen LogP contribution in [0.25, 0.3) is 0 Å². The largest absolute Gasteiger partial charge is 0.861 e. The maximum Gasteiger partial charge on any atom is 0.416 e. The minimum absolute atomic E-state index is 0.0439. The van der Waals surface area contributed by atoms with Crippen molar-refractivity contribution in [2.24, 2.45) is 4.99 Å². The van der Waals surface area contributed by atoms with Gasteiger partial charge >= 0.3 is 17.8 Å². The van der Waals surface area contributed by atoms with Crippen LogP contribution in [0, 0.1) is 0 Å². The van der Waals surface area contributed by atoms with Gasteiger partial charge in [-0.2, -0.15) is 13.2 Å². The van der Waals surface area contributed by atoms with Gasteiger partial charge in [0.05, 0.1) is 5.56 Å². The van der Waals surface area contributed by atoms with E-state index in [1.54, 1.807) is 13.8 Å². The predicted octanol–water partition coefficient (Wildman–Crippen LogP) is 3.83. The summed E-state index contributed by atoms with van der Waals surface area (Å²) >= 11 is 1.29. The fourth-order valence-corrected chi connectivity index (χ4v) is 3.49. The Labute approximate surface area is 181 Å². The molecule has 31 heavy (non-hydrogen) atoms. The lowest BCUT2D eigenvalue weighted by Crippen LogP contribution is -2.42. The molecule has 0 bridgehead atoms. The number of hydrogen-bond acceptors (Lipinski definition) is 6. The highest BCUT2D eigenvalue weighted by Gasteiger charge is 2.35. The number of benzene rings is 2. The standard InChI is InChI=1S/C21H20F3N3O3S/c1-13(2)27-18(19(29)14-8-10-15(11-9-14)21(22,23)24)20(30-26-27)25-17(28)12-31-16-6-4-3-5-7-16/h3-11,13,19,29H,12H2,1-2H3. The monoisotopic (exact) mass is 451 g/mol. The molecule has 6 nitrogen and oxygen atoms in total. The van der Waals surface area contributed by atoms with Crippen LogP contribution in [0.5, 0.6) is 0 Å². The topological polar surface area (TPSA) is 85.6 Å². The number of halogens is 3. The van der Waals surface area contributed by atoms with E-state index >= 15 is 0 Å². The van der Waals surface area contributed by atoms with Crippen molar-refractivity contribution in [1.29, 1.82) is 0 Å². The Bertz CT molecular complexity index is 1040. The molecule has 1 unspecified atom stereocenters. The third kappa shape index (κ3) is 5.65. The van der Waals surface area contributed by atoms with Crippen molar-refractivity contribution < 1.29 is 32.6 Å². The normalized spacial score (nSPS) is 13.6. The van der Waals surface area contributed by atoms with Gasteiger partial charge in [-0.15, -0.1) is 11.8 Å². The van der Waals surface area contributed by atoms with E-state index in [0.717, 1.165) is 17.0 Å². The van der Waals surface area contributed by atoms with Crippen LogP contribution in [0.15, 0.2) is 69.0 Å². The van der Waals surface area contributed by atoms with Crippen molar-refractivity contribution in [3.63, 3.8) is 0 Å². The predicted molar refractivity (Wildman–Crippen MR) is 107 cm³/mol. The first kappa shape index (κ1) is 22.8. The molecule has 0 radical (unpaired) electrons. The van der Waals surface area contributed by atoms with E-state index < -0.39 is 23.7 Å². The van der Waals surface area contributed by atoms with Crippen molar-refractivity contribution in [2.75, 3.05) is 5.75 Å². The minimum Gasteiger partial charge on any atom is -0.861 e. The van der Waals surface area contributed by atoms with E-state index in [4.69, 9.17) is 4.52 Å². The zero-order valence-electron chi connectivity index (χ0n) is 16.7. The molecule has 1 aromatic heterocycles. The molecule has 0 spiro atoms. The number of aromatic nitrogens is 2. The molecule has 0 aliphatic heterocycles. The lowest BCUT2D eigenvalue weighted by Gasteiger charge is -2.11. The van der Waals surface area contributed by atoms with Crippen LogP contribution in [-0.4, -0.2) is 22.0 Å². The summed E-state index contributed by atoms with van der Waals surface area (Å²) in [5, 5.41) is 27.0. The van der Waals surface area contributed by atoms with Gasteiger partial charge in [0.25, 0.3) is 0 Å². The van der Waals surface area contributed by atoms with Crippen molar-refractivity contribution in [2.45, 2.75) is 37.1 Å². The van der Waals surface area contributed by atoms with Gasteiger partial charge in [-0.1, -0.05) is 30.3 Å². The van der Waals surface area contributed by atoms with Gasteiger partial charge in [-0.25, -0.2) is 4.99 Å². The van der Waals surface area contributed by atoms with Crippen molar-refractivity contribution >= 4 is 23.5 Å². The molecule has 0 fully saturated rings. The van der Waals surface area contributed by atoms with E-state index in [0.29, 0.717) is 0 Å². The first-order chi connectivity index (χ1) is 14.7. The molecule has 3 rings (SSSR count). The van der Waals surface area contributed by atoms with Crippen LogP contribution in [-0.2, 0) is 6.18 Å². The number of nitrogens with zero attached hydrogens (tertiary/aromatic N) is 3. The number of alkyl halides is 3. The van der Waals surface area contributed by atoms with Crippen LogP contribution in [0.2, 0.25) is 0 Å². The van der Waals surface area contributed by atoms with Crippen molar-refractivity contribution in [3.8, 4) is 0 Å². The van der Waals surface area contributed by atoms with Gasteiger partial charge in [0.1, 0.15) is 0 Å². The molecule has 0 saturated carbocycles. The molecule has 3 aromatic rings. The molecule has 0 saturated heterocycles. The average Bonchev–Trinajstić information content (AvgIpc) is 3.15. The highest BCUT2D eigenvalue weighted by Crippen LogP contribution is 2.32. The maximum atomic E-state index is 12.8. The quantitative estimate of drug-likeness (QED) is 0.255. The fraction of sp³-hybridized carbons (Fsp3) is 0.286. The number of rotatable bonds is 7. The van der Waals surface area contributed by atoms with E-state index in [1.165, 1.54) is 28.6 Å². The summed E-state index contributed by atoms with van der Waals surface area (Å²) in [4.78, 5) is 4.83. The Morgan fingerprint density at radius 3 is 2.39 bits per heavy atom. The molecule has 1 N–H and O–H groups in total. The van der Waals surface area contributed by atoms with Gasteiger partial charge in [0, 0.05) is 24.5 Å². The second-order valence-electron chi connectivity index (χ2n) is 6.93. The van der Waals surface area contributed by atoms with E-state index in [9.17, 15) is 23.4 Å². The highest BCUT2D eigenvalue weighted by atomic mass is 32.2. The fourth-order valence-electron chi connectivity index (χ4n) is 2.78. The highest BCUT2D eigenvalue weighted by molar-refractivity contribution is 8.00. The summed E-state index contributed by atoms with van der Waals surface area (Å²) in [5.41, 5.74) is -0.551. The maximum absolute atomic E-state index is 12.8. The molecule has 1 atom stereocenters. The smallest absolute Gasteiger partial charge is 0.416 e. The van der Waals surface area contributed by atoms with Crippen molar-refractivity contribution in [3.05, 3.63) is 71.4 Å². The van der Waals surface area contributed by atoms with Crippen LogP contribution in [0.4, 0.5) is 19.1 Å². The first-order valence-electron chi connectivity index (χ1n) is 9.36. The zero-order valence-corrected chi connectivity index (χ0v) is 17.5. The van der Waals surface area contributed by atoms with Gasteiger partial charge in [0.15, 0.2) is 12.1 Å². The molecule has 1 heterocycles. The number of thioether (sulfide) groups is 1. The minimum atomic E-state index is -4.48. The van der Waals surface area contributed by atoms with Gasteiger partial charge in [-0.3, -0.25) is 4.52 Å². The Balaban J connectivity index is 1.88. The Kier molecular flexibility index (Phi) is 7.01. The molecule has 10 heteroatoms. The Hall–Kier alpha value is -2.85. The third-order valence-corrected chi connectivity index (χ3v) is 5.31. The molecule has 164 valence electrons. The lowest BCUT2D eigenvalue weighted by molar-refractivity contribution is -0.787. The Morgan fingerprint density at radius 1 is 1.16 bits per heavy atom. The van der Waals surface area contributed by atoms with Crippen LogP contribution < -0.4 is 9.79 Å². The zero-order chi connectivity index (χ0) is 22.6. The van der Waals surface area contributed by atoms with Gasteiger partial charge < -0.3 is 10.2 Å². The summed E-state index contributed by atoms with van der Waals surface area (Å²) in [6, 6.07) is 13.1. The van der Waals surface area contributed by atoms with Gasteiger partial charge in [0.2, 0.25) is 5.27 Å². The summed E-state index contributed by atoms with van der Waals surface area (Å²) in [6.07, 6.45) is -5.87. The van der Waals surface area contributed by atoms with Gasteiger partial charge in [-0.05, 0) is 40.4 Å². The summed E-state index contributed by atoms with van der Waals surface area (Å²) < 4.78 is 45.0. The number of aliphatic imine (C=N–C) groups is 1. The van der Waals surface area contributed by atoms with E-state index in [2.05, 4.69) is 10.3 Å². The molecule has 2 aromatic carbocycles. The molecule has 0 aliphatic carbocycles. The van der Waals surface area contributed by atoms with E-state index in [-0.39, 0.29) is 28.9 Å². The second-order valence-corrected chi connectivity index (χ2v) is 7.98. The third-order valence-electron chi connectivity index (χ3n) is 4.31. The molecule has 0 aliphatic rings.